The van der Waals surface area contributed by atoms with Crippen molar-refractivity contribution in [2.45, 2.75) is 25.6 Å². The summed E-state index contributed by atoms with van der Waals surface area (Å²) < 4.78 is 12.9. The van der Waals surface area contributed by atoms with E-state index >= 15 is 0 Å². The van der Waals surface area contributed by atoms with Crippen molar-refractivity contribution >= 4 is 5.91 Å². The minimum atomic E-state index is -0.408. The number of morpholine rings is 1. The molecule has 1 amide bonds. The van der Waals surface area contributed by atoms with Gasteiger partial charge in [0.15, 0.2) is 0 Å². The van der Waals surface area contributed by atoms with Crippen LogP contribution in [-0.2, 0) is 9.47 Å². The second-order valence-corrected chi connectivity index (χ2v) is 6.60. The Hall–Kier alpha value is -2.18. The second kappa shape index (κ2) is 6.75. The average Bonchev–Trinajstić information content (AvgIpc) is 3.03. The van der Waals surface area contributed by atoms with E-state index in [0.717, 1.165) is 5.69 Å². The summed E-state index contributed by atoms with van der Waals surface area (Å²) in [6, 6.07) is 11.4. The third-order valence-electron chi connectivity index (χ3n) is 3.98. The van der Waals surface area contributed by atoms with Gasteiger partial charge in [-0.3, -0.25) is 4.79 Å². The van der Waals surface area contributed by atoms with Crippen molar-refractivity contribution in [3.63, 3.8) is 0 Å². The number of hydrogen-bond acceptors (Lipinski definition) is 4. The number of aromatic nitrogens is 2. The Morgan fingerprint density at radius 2 is 2.08 bits per heavy atom. The van der Waals surface area contributed by atoms with Crippen LogP contribution in [0.2, 0.25) is 0 Å². The summed E-state index contributed by atoms with van der Waals surface area (Å²) in [7, 11) is 1.64. The summed E-state index contributed by atoms with van der Waals surface area (Å²) in [4.78, 5) is 14.9. The van der Waals surface area contributed by atoms with E-state index in [2.05, 4.69) is 5.10 Å². The maximum Gasteiger partial charge on any atom is 0.272 e. The summed E-state index contributed by atoms with van der Waals surface area (Å²) in [5.41, 5.74) is 1.01. The first-order valence-corrected chi connectivity index (χ1v) is 8.06. The Morgan fingerprint density at radius 3 is 2.79 bits per heavy atom. The zero-order chi connectivity index (χ0) is 17.2. The summed E-state index contributed by atoms with van der Waals surface area (Å²) in [6.07, 6.45) is 1.52. The Morgan fingerprint density at radius 1 is 1.33 bits per heavy atom. The summed E-state index contributed by atoms with van der Waals surface area (Å²) in [5.74, 6) is -0.0474. The van der Waals surface area contributed by atoms with Crippen LogP contribution in [-0.4, -0.2) is 59.1 Å². The van der Waals surface area contributed by atoms with Gasteiger partial charge in [0.2, 0.25) is 0 Å². The lowest BCUT2D eigenvalue weighted by Gasteiger charge is -2.42. The van der Waals surface area contributed by atoms with E-state index in [1.807, 2.05) is 49.1 Å². The highest BCUT2D eigenvalue weighted by Gasteiger charge is 2.36. The van der Waals surface area contributed by atoms with Crippen molar-refractivity contribution in [2.24, 2.45) is 0 Å². The molecule has 2 heterocycles. The molecule has 1 fully saturated rings. The molecule has 1 aromatic heterocycles. The molecule has 0 bridgehead atoms. The lowest BCUT2D eigenvalue weighted by molar-refractivity contribution is -0.143. The molecule has 0 aliphatic carbocycles. The minimum absolute atomic E-state index is 0.0474. The summed E-state index contributed by atoms with van der Waals surface area (Å²) >= 11 is 0. The highest BCUT2D eigenvalue weighted by Crippen LogP contribution is 2.23. The number of carbonyl (C=O) groups excluding carboxylic acids is 1. The van der Waals surface area contributed by atoms with Gasteiger partial charge in [0.05, 0.1) is 30.2 Å². The quantitative estimate of drug-likeness (QED) is 0.862. The van der Waals surface area contributed by atoms with Gasteiger partial charge in [0.1, 0.15) is 5.69 Å². The van der Waals surface area contributed by atoms with E-state index in [4.69, 9.17) is 9.47 Å². The first kappa shape index (κ1) is 16.7. The molecule has 0 N–H and O–H groups in total. The van der Waals surface area contributed by atoms with Crippen LogP contribution in [0.5, 0.6) is 0 Å². The molecule has 24 heavy (non-hydrogen) atoms. The van der Waals surface area contributed by atoms with Crippen molar-refractivity contribution in [1.29, 1.82) is 0 Å². The normalized spacial score (nSPS) is 20.1. The fraction of sp³-hybridized carbons (Fsp3) is 0.444. The Bertz CT molecular complexity index is 697. The van der Waals surface area contributed by atoms with Gasteiger partial charge >= 0.3 is 0 Å². The van der Waals surface area contributed by atoms with Gasteiger partial charge < -0.3 is 14.4 Å². The van der Waals surface area contributed by atoms with Crippen LogP contribution in [0.15, 0.2) is 42.6 Å². The van der Waals surface area contributed by atoms with Gasteiger partial charge in [-0.25, -0.2) is 4.68 Å². The number of amides is 1. The van der Waals surface area contributed by atoms with Gasteiger partial charge in [-0.1, -0.05) is 18.2 Å². The predicted octanol–water partition coefficient (Wildman–Crippen LogP) is 2.14. The highest BCUT2D eigenvalue weighted by atomic mass is 16.5. The predicted molar refractivity (Wildman–Crippen MR) is 90.3 cm³/mol. The monoisotopic (exact) mass is 329 g/mol. The zero-order valence-electron chi connectivity index (χ0n) is 14.3. The largest absolute Gasteiger partial charge is 0.382 e. The maximum absolute atomic E-state index is 13.1. The highest BCUT2D eigenvalue weighted by molar-refractivity contribution is 5.93. The van der Waals surface area contributed by atoms with Gasteiger partial charge in [-0.2, -0.15) is 5.10 Å². The molecular formula is C18H23N3O3. The van der Waals surface area contributed by atoms with Crippen molar-refractivity contribution in [3.8, 4) is 5.69 Å². The first-order chi connectivity index (χ1) is 11.5. The standard InChI is InChI=1S/C18H23N3O3/c1-18(2)13-20(11-15(24-18)12-23-3)17(22)16-9-10-19-21(16)14-7-5-4-6-8-14/h4-10,15H,11-13H2,1-3H3/t15-/m0/s1. The number of para-hydroxylation sites is 1. The number of benzene rings is 1. The topological polar surface area (TPSA) is 56.6 Å². The fourth-order valence-corrected chi connectivity index (χ4v) is 3.13. The molecule has 3 rings (SSSR count). The third kappa shape index (κ3) is 3.49. The van der Waals surface area contributed by atoms with Crippen LogP contribution in [0.1, 0.15) is 24.3 Å². The van der Waals surface area contributed by atoms with E-state index in [1.165, 1.54) is 0 Å². The van der Waals surface area contributed by atoms with Crippen molar-refractivity contribution in [1.82, 2.24) is 14.7 Å². The van der Waals surface area contributed by atoms with Crippen LogP contribution in [0.3, 0.4) is 0 Å². The molecule has 0 unspecified atom stereocenters. The molecule has 1 saturated heterocycles. The number of ether oxygens (including phenoxy) is 2. The molecule has 1 aliphatic rings. The van der Waals surface area contributed by atoms with E-state index in [1.54, 1.807) is 24.1 Å². The summed E-state index contributed by atoms with van der Waals surface area (Å²) in [5, 5.41) is 4.31. The molecular weight excluding hydrogens is 306 g/mol. The van der Waals surface area contributed by atoms with Crippen LogP contribution in [0.25, 0.3) is 5.69 Å². The maximum atomic E-state index is 13.1. The SMILES string of the molecule is COC[C@@H]1CN(C(=O)c2ccnn2-c2ccccc2)CC(C)(C)O1. The summed E-state index contributed by atoms with van der Waals surface area (Å²) in [6.45, 7) is 5.49. The number of methoxy groups -OCH3 is 1. The number of nitrogens with zero attached hydrogens (tertiary/aromatic N) is 3. The van der Waals surface area contributed by atoms with Gasteiger partial charge in [-0.05, 0) is 32.0 Å². The molecule has 1 aliphatic heterocycles. The molecule has 6 heteroatoms. The number of carbonyl (C=O) groups is 1. The van der Waals surface area contributed by atoms with Crippen molar-refractivity contribution in [3.05, 3.63) is 48.3 Å². The minimum Gasteiger partial charge on any atom is -0.382 e. The Labute approximate surface area is 142 Å². The van der Waals surface area contributed by atoms with Crippen LogP contribution in [0.4, 0.5) is 0 Å². The number of hydrogen-bond donors (Lipinski definition) is 0. The lowest BCUT2D eigenvalue weighted by atomic mass is 10.0. The molecule has 2 aromatic rings. The van der Waals surface area contributed by atoms with Gasteiger partial charge in [-0.15, -0.1) is 0 Å². The molecule has 0 radical (unpaired) electrons. The van der Waals surface area contributed by atoms with E-state index < -0.39 is 5.60 Å². The molecule has 0 spiro atoms. The lowest BCUT2D eigenvalue weighted by Crippen LogP contribution is -2.55. The van der Waals surface area contributed by atoms with E-state index in [9.17, 15) is 4.79 Å². The number of rotatable bonds is 4. The molecule has 1 aromatic carbocycles. The Balaban J connectivity index is 1.85. The molecule has 1 atom stereocenters. The van der Waals surface area contributed by atoms with Crippen LogP contribution >= 0.6 is 0 Å². The Kier molecular flexibility index (Phi) is 4.69. The average molecular weight is 329 g/mol. The van der Waals surface area contributed by atoms with Crippen molar-refractivity contribution < 1.29 is 14.3 Å². The van der Waals surface area contributed by atoms with Crippen molar-refractivity contribution in [2.75, 3.05) is 26.8 Å². The first-order valence-electron chi connectivity index (χ1n) is 8.06. The van der Waals surface area contributed by atoms with E-state index in [-0.39, 0.29) is 12.0 Å². The third-order valence-corrected chi connectivity index (χ3v) is 3.98. The van der Waals surface area contributed by atoms with Gasteiger partial charge in [0.25, 0.3) is 5.91 Å². The molecule has 6 nitrogen and oxygen atoms in total. The smallest absolute Gasteiger partial charge is 0.272 e. The van der Waals surface area contributed by atoms with Gasteiger partial charge in [0, 0.05) is 20.2 Å². The van der Waals surface area contributed by atoms with Crippen LogP contribution < -0.4 is 0 Å². The zero-order valence-corrected chi connectivity index (χ0v) is 14.3. The van der Waals surface area contributed by atoms with E-state index in [0.29, 0.717) is 25.4 Å². The van der Waals surface area contributed by atoms with Crippen LogP contribution in [0, 0.1) is 0 Å². The second-order valence-electron chi connectivity index (χ2n) is 6.60. The molecule has 128 valence electrons. The molecule has 0 saturated carbocycles. The fourth-order valence-electron chi connectivity index (χ4n) is 3.13.